The van der Waals surface area contributed by atoms with Crippen LogP contribution in [-0.4, -0.2) is 45.8 Å². The third-order valence-electron chi connectivity index (χ3n) is 7.96. The lowest BCUT2D eigenvalue weighted by atomic mass is 9.62. The van der Waals surface area contributed by atoms with Crippen LogP contribution >= 0.6 is 0 Å². The van der Waals surface area contributed by atoms with Gasteiger partial charge in [-0.2, -0.15) is 0 Å². The lowest BCUT2D eigenvalue weighted by Gasteiger charge is -2.44. The molecule has 3 fully saturated rings. The normalized spacial score (nSPS) is 38.8. The Morgan fingerprint density at radius 1 is 1.27 bits per heavy atom. The molecule has 0 aromatic heterocycles. The van der Waals surface area contributed by atoms with E-state index in [-0.39, 0.29) is 11.5 Å². The first-order valence-electron chi connectivity index (χ1n) is 11.8. The highest BCUT2D eigenvalue weighted by molar-refractivity contribution is 5.38. The third kappa shape index (κ3) is 5.27. The average Bonchev–Trinajstić information content (AvgIpc) is 3.00. The third-order valence-corrected chi connectivity index (χ3v) is 7.96. The van der Waals surface area contributed by atoms with Crippen molar-refractivity contribution in [3.63, 3.8) is 0 Å². The highest BCUT2D eigenvalue weighted by atomic mass is 16.5. The molecule has 0 spiro atoms. The van der Waals surface area contributed by atoms with E-state index in [9.17, 15) is 15.3 Å². The average molecular weight is 419 g/mol. The molecule has 0 aromatic rings. The van der Waals surface area contributed by atoms with Crippen LogP contribution < -0.4 is 0 Å². The summed E-state index contributed by atoms with van der Waals surface area (Å²) in [5.74, 6) is 1.11. The van der Waals surface area contributed by atoms with Crippen LogP contribution in [0, 0.1) is 17.3 Å². The van der Waals surface area contributed by atoms with E-state index in [0.29, 0.717) is 37.7 Å². The summed E-state index contributed by atoms with van der Waals surface area (Å²) in [5.41, 5.74) is 2.82. The number of fused-ring (bicyclic) bond motifs is 1. The van der Waals surface area contributed by atoms with Crippen LogP contribution in [-0.2, 0) is 4.74 Å². The number of ether oxygens (including phenoxy) is 1. The maximum absolute atomic E-state index is 10.1. The molecule has 0 heterocycles. The Kier molecular flexibility index (Phi) is 7.33. The van der Waals surface area contributed by atoms with Gasteiger partial charge in [0.25, 0.3) is 0 Å². The molecule has 0 aliphatic heterocycles. The number of aliphatic hydroxyl groups excluding tert-OH is 2. The summed E-state index contributed by atoms with van der Waals surface area (Å²) in [6.07, 6.45) is 11.0. The van der Waals surface area contributed by atoms with Gasteiger partial charge in [-0.1, -0.05) is 31.2 Å². The van der Waals surface area contributed by atoms with Crippen molar-refractivity contribution in [1.29, 1.82) is 0 Å². The van der Waals surface area contributed by atoms with E-state index in [2.05, 4.69) is 32.6 Å². The molecule has 30 heavy (non-hydrogen) atoms. The minimum atomic E-state index is -0.680. The van der Waals surface area contributed by atoms with Gasteiger partial charge in [-0.3, -0.25) is 0 Å². The Morgan fingerprint density at radius 3 is 2.70 bits per heavy atom. The van der Waals surface area contributed by atoms with Crippen LogP contribution in [0.15, 0.2) is 35.5 Å². The zero-order valence-corrected chi connectivity index (χ0v) is 19.4. The first-order chi connectivity index (χ1) is 14.0. The van der Waals surface area contributed by atoms with Gasteiger partial charge in [0.05, 0.1) is 23.9 Å². The fourth-order valence-electron chi connectivity index (χ4n) is 6.13. The molecule has 0 amide bonds. The molecular weight excluding hydrogens is 376 g/mol. The van der Waals surface area contributed by atoms with E-state index in [1.54, 1.807) is 0 Å². The van der Waals surface area contributed by atoms with E-state index in [0.717, 1.165) is 17.6 Å². The second-order valence-electron chi connectivity index (χ2n) is 10.8. The first-order valence-corrected chi connectivity index (χ1v) is 11.8. The molecule has 0 bridgehead atoms. The monoisotopic (exact) mass is 418 g/mol. The van der Waals surface area contributed by atoms with Crippen molar-refractivity contribution < 1.29 is 20.1 Å². The lowest BCUT2D eigenvalue weighted by molar-refractivity contribution is -0.0454. The van der Waals surface area contributed by atoms with E-state index in [1.165, 1.54) is 31.3 Å². The predicted molar refractivity (Wildman–Crippen MR) is 121 cm³/mol. The highest BCUT2D eigenvalue weighted by Gasteiger charge is 2.51. The van der Waals surface area contributed by atoms with Crippen molar-refractivity contribution in [2.45, 2.75) is 103 Å². The Hall–Kier alpha value is -0.940. The van der Waals surface area contributed by atoms with Crippen molar-refractivity contribution in [3.8, 4) is 0 Å². The van der Waals surface area contributed by atoms with Crippen LogP contribution in [0.25, 0.3) is 0 Å². The van der Waals surface area contributed by atoms with Crippen LogP contribution in [0.4, 0.5) is 0 Å². The topological polar surface area (TPSA) is 69.9 Å². The molecule has 4 heteroatoms. The number of hydrogen-bond donors (Lipinski definition) is 3. The van der Waals surface area contributed by atoms with Crippen molar-refractivity contribution in [2.75, 3.05) is 6.61 Å². The number of aliphatic hydroxyl groups is 3. The van der Waals surface area contributed by atoms with E-state index >= 15 is 0 Å². The lowest BCUT2D eigenvalue weighted by Crippen LogP contribution is -2.39. The van der Waals surface area contributed by atoms with Gasteiger partial charge < -0.3 is 20.1 Å². The number of allylic oxidation sites excluding steroid dienone is 3. The van der Waals surface area contributed by atoms with Gasteiger partial charge in [0.15, 0.2) is 0 Å². The molecule has 6 atom stereocenters. The summed E-state index contributed by atoms with van der Waals surface area (Å²) in [6.45, 7) is 13.0. The largest absolute Gasteiger partial charge is 0.393 e. The molecule has 3 saturated carbocycles. The van der Waals surface area contributed by atoms with E-state index in [4.69, 9.17) is 4.74 Å². The number of rotatable bonds is 6. The van der Waals surface area contributed by atoms with E-state index in [1.807, 2.05) is 13.8 Å². The fraction of sp³-hybridized carbons (Fsp3) is 0.769. The fourth-order valence-corrected chi connectivity index (χ4v) is 6.13. The quantitative estimate of drug-likeness (QED) is 0.585. The molecule has 0 saturated heterocycles. The van der Waals surface area contributed by atoms with Crippen molar-refractivity contribution in [2.24, 2.45) is 17.3 Å². The van der Waals surface area contributed by atoms with Gasteiger partial charge in [0, 0.05) is 13.0 Å². The second kappa shape index (κ2) is 9.28. The van der Waals surface area contributed by atoms with Crippen LogP contribution in [0.2, 0.25) is 0 Å². The van der Waals surface area contributed by atoms with Gasteiger partial charge in [0.2, 0.25) is 0 Å². The number of hydrogen-bond acceptors (Lipinski definition) is 4. The Labute approximate surface area is 182 Å². The van der Waals surface area contributed by atoms with Crippen molar-refractivity contribution in [3.05, 3.63) is 35.5 Å². The molecule has 0 aromatic carbocycles. The van der Waals surface area contributed by atoms with Crippen LogP contribution in [0.5, 0.6) is 0 Å². The summed E-state index contributed by atoms with van der Waals surface area (Å²) >= 11 is 0. The predicted octanol–water partition coefficient (Wildman–Crippen LogP) is 4.69. The molecule has 170 valence electrons. The van der Waals surface area contributed by atoms with Crippen LogP contribution in [0.1, 0.15) is 79.1 Å². The molecule has 4 nitrogen and oxygen atoms in total. The molecular formula is C26H42O4. The van der Waals surface area contributed by atoms with E-state index < -0.39 is 17.8 Å². The zero-order chi connectivity index (χ0) is 22.1. The van der Waals surface area contributed by atoms with Crippen molar-refractivity contribution >= 4 is 0 Å². The summed E-state index contributed by atoms with van der Waals surface area (Å²) in [5, 5.41) is 30.1. The summed E-state index contributed by atoms with van der Waals surface area (Å²) in [7, 11) is 0. The maximum Gasteiger partial charge on any atom is 0.0811 e. The summed E-state index contributed by atoms with van der Waals surface area (Å²) in [4.78, 5) is 0. The SMILES string of the molecule is C=C1C(=CC=C2CCC[C@]3(C)[C@@H](C(C)OCCC(C)(C)O)CC[C@@H]23)CC(O)CC1O. The van der Waals surface area contributed by atoms with Gasteiger partial charge in [-0.15, -0.1) is 0 Å². The van der Waals surface area contributed by atoms with Crippen LogP contribution in [0.3, 0.4) is 0 Å². The highest BCUT2D eigenvalue weighted by Crippen LogP contribution is 2.58. The minimum Gasteiger partial charge on any atom is -0.393 e. The van der Waals surface area contributed by atoms with Gasteiger partial charge in [-0.25, -0.2) is 0 Å². The zero-order valence-electron chi connectivity index (χ0n) is 19.4. The Bertz CT molecular complexity index is 686. The molecule has 3 aliphatic carbocycles. The molecule has 3 unspecified atom stereocenters. The minimum absolute atomic E-state index is 0.198. The standard InChI is InChI=1S/C26H42O4/c1-17-20(15-21(27)16-24(17)28)9-8-19-7-6-12-26(5)22(10-11-23(19)26)18(2)30-14-13-25(3,4)29/h8-9,18,21-24,27-29H,1,6-7,10-16H2,2-5H3/t18?,21?,22-,23+,24?,26-/m1/s1. The molecule has 3 aliphatic rings. The molecule has 0 radical (unpaired) electrons. The smallest absolute Gasteiger partial charge is 0.0811 e. The molecule has 3 N–H and O–H groups in total. The Morgan fingerprint density at radius 2 is 2.00 bits per heavy atom. The summed E-state index contributed by atoms with van der Waals surface area (Å²) in [6, 6.07) is 0. The summed E-state index contributed by atoms with van der Waals surface area (Å²) < 4.78 is 6.19. The molecule has 3 rings (SSSR count). The van der Waals surface area contributed by atoms with Gasteiger partial charge in [0.1, 0.15) is 0 Å². The first kappa shape index (κ1) is 23.7. The Balaban J connectivity index is 1.70. The van der Waals surface area contributed by atoms with Gasteiger partial charge in [-0.05, 0) is 94.1 Å². The van der Waals surface area contributed by atoms with Crippen molar-refractivity contribution in [1.82, 2.24) is 0 Å². The second-order valence-corrected chi connectivity index (χ2v) is 10.8. The maximum atomic E-state index is 10.1. The van der Waals surface area contributed by atoms with Gasteiger partial charge >= 0.3 is 0 Å².